The van der Waals surface area contributed by atoms with E-state index in [1.54, 1.807) is 0 Å². The molecule has 24 heavy (non-hydrogen) atoms. The summed E-state index contributed by atoms with van der Waals surface area (Å²) in [5.74, 6) is 0.464. The van der Waals surface area contributed by atoms with Crippen molar-refractivity contribution in [1.82, 2.24) is 4.98 Å². The van der Waals surface area contributed by atoms with Crippen molar-refractivity contribution in [1.29, 1.82) is 0 Å². The lowest BCUT2D eigenvalue weighted by molar-refractivity contribution is 0.682. The fourth-order valence-electron chi connectivity index (χ4n) is 3.24. The maximum Gasteiger partial charge on any atom is 0.0733 e. The zero-order valence-corrected chi connectivity index (χ0v) is 14.4. The van der Waals surface area contributed by atoms with E-state index < -0.39 is 0 Å². The molecule has 3 aromatic rings. The van der Waals surface area contributed by atoms with Gasteiger partial charge in [-0.2, -0.15) is 0 Å². The van der Waals surface area contributed by atoms with E-state index in [1.807, 2.05) is 25.4 Å². The molecule has 0 spiro atoms. The van der Waals surface area contributed by atoms with Crippen LogP contribution in [0, 0.1) is 0 Å². The molecule has 2 aromatic carbocycles. The number of benzene rings is 2. The van der Waals surface area contributed by atoms with Gasteiger partial charge in [0.1, 0.15) is 0 Å². The highest BCUT2D eigenvalue weighted by Gasteiger charge is 2.12. The summed E-state index contributed by atoms with van der Waals surface area (Å²) in [5, 5.41) is 4.52. The Labute approximate surface area is 144 Å². The highest BCUT2D eigenvalue weighted by atomic mass is 14.8. The van der Waals surface area contributed by atoms with Crippen LogP contribution in [-0.2, 0) is 6.42 Å². The number of hydrogen-bond donors (Lipinski definition) is 1. The SMILES string of the molecule is C=Cc1ccc(NC)c(C(C)CCc2cccc3cccnc23)c1. The number of nitrogens with zero attached hydrogens (tertiary/aromatic N) is 1. The molecule has 0 aliphatic heterocycles. The minimum Gasteiger partial charge on any atom is -0.388 e. The van der Waals surface area contributed by atoms with Gasteiger partial charge in [-0.3, -0.25) is 4.98 Å². The Bertz CT molecular complexity index is 846. The van der Waals surface area contributed by atoms with E-state index in [0.29, 0.717) is 5.92 Å². The summed E-state index contributed by atoms with van der Waals surface area (Å²) < 4.78 is 0. The molecule has 1 atom stereocenters. The molecule has 0 saturated heterocycles. The molecule has 0 aliphatic rings. The van der Waals surface area contributed by atoms with Crippen molar-refractivity contribution in [3.8, 4) is 0 Å². The normalized spacial score (nSPS) is 12.1. The van der Waals surface area contributed by atoms with Crippen molar-refractivity contribution in [2.45, 2.75) is 25.7 Å². The fourth-order valence-corrected chi connectivity index (χ4v) is 3.24. The van der Waals surface area contributed by atoms with Gasteiger partial charge in [0.05, 0.1) is 5.52 Å². The third-order valence-electron chi connectivity index (χ3n) is 4.67. The van der Waals surface area contributed by atoms with Gasteiger partial charge in [0.2, 0.25) is 0 Å². The molecule has 3 rings (SSSR count). The van der Waals surface area contributed by atoms with E-state index in [4.69, 9.17) is 0 Å². The van der Waals surface area contributed by atoms with Crippen molar-refractivity contribution in [2.24, 2.45) is 0 Å². The Morgan fingerprint density at radius 3 is 2.79 bits per heavy atom. The summed E-state index contributed by atoms with van der Waals surface area (Å²) in [5.41, 5.74) is 6.17. The van der Waals surface area contributed by atoms with Crippen LogP contribution >= 0.6 is 0 Å². The second-order valence-corrected chi connectivity index (χ2v) is 6.23. The summed E-state index contributed by atoms with van der Waals surface area (Å²) >= 11 is 0. The molecule has 2 nitrogen and oxygen atoms in total. The van der Waals surface area contributed by atoms with Crippen LogP contribution in [0.4, 0.5) is 5.69 Å². The number of nitrogens with one attached hydrogen (secondary N) is 1. The minimum atomic E-state index is 0.464. The first kappa shape index (κ1) is 16.3. The topological polar surface area (TPSA) is 24.9 Å². The number of aromatic nitrogens is 1. The summed E-state index contributed by atoms with van der Waals surface area (Å²) in [6.45, 7) is 6.18. The van der Waals surface area contributed by atoms with E-state index >= 15 is 0 Å². The first-order valence-corrected chi connectivity index (χ1v) is 8.49. The van der Waals surface area contributed by atoms with Crippen LogP contribution in [-0.4, -0.2) is 12.0 Å². The van der Waals surface area contributed by atoms with E-state index in [2.05, 4.69) is 66.3 Å². The van der Waals surface area contributed by atoms with E-state index in [0.717, 1.165) is 18.4 Å². The molecule has 1 unspecified atom stereocenters. The van der Waals surface area contributed by atoms with Gasteiger partial charge in [0, 0.05) is 24.3 Å². The highest BCUT2D eigenvalue weighted by molar-refractivity contribution is 5.81. The second kappa shape index (κ2) is 7.31. The lowest BCUT2D eigenvalue weighted by Crippen LogP contribution is -2.02. The molecular formula is C22H24N2. The lowest BCUT2D eigenvalue weighted by Gasteiger charge is -2.17. The van der Waals surface area contributed by atoms with Crippen LogP contribution in [0.1, 0.15) is 36.0 Å². The summed E-state index contributed by atoms with van der Waals surface area (Å²) in [6, 6.07) is 17.1. The molecule has 1 heterocycles. The molecular weight excluding hydrogens is 292 g/mol. The average Bonchev–Trinajstić information content (AvgIpc) is 2.65. The number of hydrogen-bond acceptors (Lipinski definition) is 2. The number of pyridine rings is 1. The molecule has 1 aromatic heterocycles. The first-order valence-electron chi connectivity index (χ1n) is 8.49. The molecule has 0 amide bonds. The van der Waals surface area contributed by atoms with Crippen molar-refractivity contribution in [3.63, 3.8) is 0 Å². The Hall–Kier alpha value is -2.61. The monoisotopic (exact) mass is 316 g/mol. The van der Waals surface area contributed by atoms with Crippen molar-refractivity contribution in [3.05, 3.63) is 78.0 Å². The molecule has 0 saturated carbocycles. The Morgan fingerprint density at radius 2 is 2.00 bits per heavy atom. The minimum absolute atomic E-state index is 0.464. The Morgan fingerprint density at radius 1 is 1.17 bits per heavy atom. The fraction of sp³-hybridized carbons (Fsp3) is 0.227. The van der Waals surface area contributed by atoms with Gasteiger partial charge in [-0.25, -0.2) is 0 Å². The summed E-state index contributed by atoms with van der Waals surface area (Å²) in [4.78, 5) is 4.57. The van der Waals surface area contributed by atoms with Crippen molar-refractivity contribution in [2.75, 3.05) is 12.4 Å². The number of rotatable bonds is 6. The molecule has 0 aliphatic carbocycles. The second-order valence-electron chi connectivity index (χ2n) is 6.23. The van der Waals surface area contributed by atoms with Crippen molar-refractivity contribution < 1.29 is 0 Å². The van der Waals surface area contributed by atoms with Crippen LogP contribution in [0.2, 0.25) is 0 Å². The standard InChI is InChI=1S/C22H24N2/c1-4-17-11-13-21(23-3)20(15-17)16(2)10-12-19-8-5-7-18-9-6-14-24-22(18)19/h4-9,11,13-16,23H,1,10,12H2,2-3H3. The molecule has 2 heteroatoms. The summed E-state index contributed by atoms with van der Waals surface area (Å²) in [6.07, 6.45) is 5.90. The van der Waals surface area contributed by atoms with E-state index in [9.17, 15) is 0 Å². The molecule has 1 N–H and O–H groups in total. The molecule has 0 fully saturated rings. The van der Waals surface area contributed by atoms with Crippen LogP contribution in [0.25, 0.3) is 17.0 Å². The zero-order chi connectivity index (χ0) is 16.9. The van der Waals surface area contributed by atoms with Crippen molar-refractivity contribution >= 4 is 22.7 Å². The zero-order valence-electron chi connectivity index (χ0n) is 14.4. The molecule has 0 radical (unpaired) electrons. The van der Waals surface area contributed by atoms with Gasteiger partial charge in [0.25, 0.3) is 0 Å². The number of anilines is 1. The number of fused-ring (bicyclic) bond motifs is 1. The Balaban J connectivity index is 1.82. The third kappa shape index (κ3) is 3.33. The van der Waals surface area contributed by atoms with Crippen LogP contribution < -0.4 is 5.32 Å². The predicted octanol–water partition coefficient (Wildman–Crippen LogP) is 5.66. The van der Waals surface area contributed by atoms with Gasteiger partial charge in [-0.15, -0.1) is 0 Å². The van der Waals surface area contributed by atoms with Gasteiger partial charge in [-0.1, -0.05) is 49.9 Å². The van der Waals surface area contributed by atoms with Crippen LogP contribution in [0.5, 0.6) is 0 Å². The van der Waals surface area contributed by atoms with Gasteiger partial charge in [-0.05, 0) is 53.6 Å². The first-order chi connectivity index (χ1) is 11.7. The van der Waals surface area contributed by atoms with Gasteiger partial charge >= 0.3 is 0 Å². The maximum absolute atomic E-state index is 4.57. The predicted molar refractivity (Wildman–Crippen MR) is 105 cm³/mol. The molecule has 0 bridgehead atoms. The van der Waals surface area contributed by atoms with E-state index in [-0.39, 0.29) is 0 Å². The van der Waals surface area contributed by atoms with E-state index in [1.165, 1.54) is 27.8 Å². The molecule has 122 valence electrons. The third-order valence-corrected chi connectivity index (χ3v) is 4.67. The summed E-state index contributed by atoms with van der Waals surface area (Å²) in [7, 11) is 1.98. The Kier molecular flexibility index (Phi) is 4.95. The van der Waals surface area contributed by atoms with Crippen LogP contribution in [0.3, 0.4) is 0 Å². The highest BCUT2D eigenvalue weighted by Crippen LogP contribution is 2.30. The number of aryl methyl sites for hydroxylation is 1. The van der Waals surface area contributed by atoms with Crippen LogP contribution in [0.15, 0.2) is 61.3 Å². The number of para-hydroxylation sites is 1. The maximum atomic E-state index is 4.57. The van der Waals surface area contributed by atoms with Gasteiger partial charge in [0.15, 0.2) is 0 Å². The van der Waals surface area contributed by atoms with Gasteiger partial charge < -0.3 is 5.32 Å². The smallest absolute Gasteiger partial charge is 0.0733 e. The largest absolute Gasteiger partial charge is 0.388 e. The quantitative estimate of drug-likeness (QED) is 0.635. The lowest BCUT2D eigenvalue weighted by atomic mass is 9.91. The average molecular weight is 316 g/mol.